The SMILES string of the molecule is NC(=S)NCCCC(=O)NC1CC1. The molecule has 1 amide bonds. The Balaban J connectivity index is 1.91. The largest absolute Gasteiger partial charge is 0.376 e. The van der Waals surface area contributed by atoms with Crippen LogP contribution in [0.1, 0.15) is 25.7 Å². The molecular weight excluding hydrogens is 186 g/mol. The molecule has 0 aromatic carbocycles. The van der Waals surface area contributed by atoms with Gasteiger partial charge in [0, 0.05) is 19.0 Å². The summed E-state index contributed by atoms with van der Waals surface area (Å²) in [4.78, 5) is 11.1. The first-order valence-corrected chi connectivity index (χ1v) is 4.92. The summed E-state index contributed by atoms with van der Waals surface area (Å²) in [5, 5.41) is 6.00. The zero-order valence-electron chi connectivity index (χ0n) is 7.51. The molecule has 1 fully saturated rings. The monoisotopic (exact) mass is 201 g/mol. The quantitative estimate of drug-likeness (QED) is 0.428. The zero-order valence-corrected chi connectivity index (χ0v) is 8.32. The number of rotatable bonds is 5. The van der Waals surface area contributed by atoms with Gasteiger partial charge in [-0.3, -0.25) is 4.79 Å². The number of nitrogens with two attached hydrogens (primary N) is 1. The molecule has 13 heavy (non-hydrogen) atoms. The molecule has 1 aliphatic carbocycles. The predicted molar refractivity (Wildman–Crippen MR) is 55.2 cm³/mol. The molecule has 0 atom stereocenters. The first-order valence-electron chi connectivity index (χ1n) is 4.51. The first-order chi connectivity index (χ1) is 6.18. The van der Waals surface area contributed by atoms with Crippen molar-refractivity contribution in [2.45, 2.75) is 31.7 Å². The van der Waals surface area contributed by atoms with E-state index in [9.17, 15) is 4.79 Å². The number of carbonyl (C=O) groups excluding carboxylic acids is 1. The van der Waals surface area contributed by atoms with Gasteiger partial charge in [-0.15, -0.1) is 0 Å². The normalized spacial score (nSPS) is 15.1. The van der Waals surface area contributed by atoms with Crippen molar-refractivity contribution >= 4 is 23.2 Å². The van der Waals surface area contributed by atoms with Crippen molar-refractivity contribution in [3.8, 4) is 0 Å². The Bertz CT molecular complexity index is 204. The molecule has 4 nitrogen and oxygen atoms in total. The summed E-state index contributed by atoms with van der Waals surface area (Å²) in [6, 6.07) is 0.455. The van der Waals surface area contributed by atoms with E-state index >= 15 is 0 Å². The summed E-state index contributed by atoms with van der Waals surface area (Å²) in [6.45, 7) is 0.674. The number of nitrogens with one attached hydrogen (secondary N) is 2. The number of hydrogen-bond donors (Lipinski definition) is 3. The van der Waals surface area contributed by atoms with Crippen molar-refractivity contribution in [2.24, 2.45) is 5.73 Å². The summed E-state index contributed by atoms with van der Waals surface area (Å²) in [5.74, 6) is 0.132. The van der Waals surface area contributed by atoms with Crippen molar-refractivity contribution in [1.29, 1.82) is 0 Å². The van der Waals surface area contributed by atoms with Gasteiger partial charge in [0.1, 0.15) is 0 Å². The van der Waals surface area contributed by atoms with Crippen LogP contribution in [0, 0.1) is 0 Å². The van der Waals surface area contributed by atoms with Gasteiger partial charge >= 0.3 is 0 Å². The number of hydrogen-bond acceptors (Lipinski definition) is 2. The summed E-state index contributed by atoms with van der Waals surface area (Å²) >= 11 is 4.62. The Morgan fingerprint density at radius 3 is 2.77 bits per heavy atom. The molecular formula is C8H15N3OS. The lowest BCUT2D eigenvalue weighted by atomic mass is 10.3. The molecule has 0 aromatic heterocycles. The Morgan fingerprint density at radius 1 is 1.54 bits per heavy atom. The highest BCUT2D eigenvalue weighted by Crippen LogP contribution is 2.18. The third-order valence-electron chi connectivity index (χ3n) is 1.82. The van der Waals surface area contributed by atoms with Crippen molar-refractivity contribution in [1.82, 2.24) is 10.6 Å². The van der Waals surface area contributed by atoms with Crippen LogP contribution >= 0.6 is 12.2 Å². The van der Waals surface area contributed by atoms with Crippen LogP contribution in [0.25, 0.3) is 0 Å². The fourth-order valence-electron chi connectivity index (χ4n) is 0.988. The van der Waals surface area contributed by atoms with Gasteiger partial charge in [0.15, 0.2) is 5.11 Å². The maximum Gasteiger partial charge on any atom is 0.220 e. The maximum absolute atomic E-state index is 11.1. The lowest BCUT2D eigenvalue weighted by Crippen LogP contribution is -2.31. The molecule has 1 saturated carbocycles. The Hall–Kier alpha value is -0.840. The van der Waals surface area contributed by atoms with E-state index in [1.165, 1.54) is 0 Å². The molecule has 4 N–H and O–H groups in total. The maximum atomic E-state index is 11.1. The average Bonchev–Trinajstić information content (AvgIpc) is 2.81. The molecule has 1 rings (SSSR count). The van der Waals surface area contributed by atoms with Crippen molar-refractivity contribution in [2.75, 3.05) is 6.54 Å². The van der Waals surface area contributed by atoms with Crippen LogP contribution in [-0.2, 0) is 4.79 Å². The van der Waals surface area contributed by atoms with Gasteiger partial charge in [0.2, 0.25) is 5.91 Å². The van der Waals surface area contributed by atoms with Crippen LogP contribution < -0.4 is 16.4 Å². The Kier molecular flexibility index (Phi) is 3.95. The van der Waals surface area contributed by atoms with Crippen molar-refractivity contribution in [3.63, 3.8) is 0 Å². The Morgan fingerprint density at radius 2 is 2.23 bits per heavy atom. The van der Waals surface area contributed by atoms with E-state index < -0.39 is 0 Å². The molecule has 0 spiro atoms. The fraction of sp³-hybridized carbons (Fsp3) is 0.750. The Labute approximate surface area is 83.2 Å². The zero-order chi connectivity index (χ0) is 9.68. The standard InChI is InChI=1S/C8H15N3OS/c9-8(13)10-5-1-2-7(12)11-6-3-4-6/h6H,1-5H2,(H,11,12)(H3,9,10,13). The van der Waals surface area contributed by atoms with Crippen molar-refractivity contribution in [3.05, 3.63) is 0 Å². The van der Waals surface area contributed by atoms with Gasteiger partial charge in [-0.2, -0.15) is 0 Å². The number of amides is 1. The van der Waals surface area contributed by atoms with Crippen LogP contribution in [-0.4, -0.2) is 23.6 Å². The molecule has 0 heterocycles. The highest BCUT2D eigenvalue weighted by atomic mass is 32.1. The minimum absolute atomic E-state index is 0.132. The molecule has 74 valence electrons. The van der Waals surface area contributed by atoms with Gasteiger partial charge < -0.3 is 16.4 Å². The number of carbonyl (C=O) groups is 1. The molecule has 0 bridgehead atoms. The van der Waals surface area contributed by atoms with E-state index in [2.05, 4.69) is 22.9 Å². The minimum Gasteiger partial charge on any atom is -0.376 e. The summed E-state index contributed by atoms with van der Waals surface area (Å²) in [5.41, 5.74) is 5.22. The van der Waals surface area contributed by atoms with E-state index in [1.54, 1.807) is 0 Å². The van der Waals surface area contributed by atoms with E-state index in [0.29, 0.717) is 24.1 Å². The van der Waals surface area contributed by atoms with Crippen LogP contribution in [0.15, 0.2) is 0 Å². The molecule has 0 unspecified atom stereocenters. The summed E-state index contributed by atoms with van der Waals surface area (Å²) < 4.78 is 0. The van der Waals surface area contributed by atoms with Crippen LogP contribution in [0.3, 0.4) is 0 Å². The van der Waals surface area contributed by atoms with Gasteiger partial charge in [0.25, 0.3) is 0 Å². The lowest BCUT2D eigenvalue weighted by Gasteiger charge is -2.04. The van der Waals surface area contributed by atoms with Gasteiger partial charge in [0.05, 0.1) is 0 Å². The highest BCUT2D eigenvalue weighted by molar-refractivity contribution is 7.80. The minimum atomic E-state index is 0.132. The lowest BCUT2D eigenvalue weighted by molar-refractivity contribution is -0.121. The fourth-order valence-corrected chi connectivity index (χ4v) is 1.09. The van der Waals surface area contributed by atoms with E-state index in [0.717, 1.165) is 19.3 Å². The number of thiocarbonyl (C=S) groups is 1. The van der Waals surface area contributed by atoms with E-state index in [4.69, 9.17) is 5.73 Å². The van der Waals surface area contributed by atoms with Gasteiger partial charge in [-0.05, 0) is 31.5 Å². The molecule has 0 saturated heterocycles. The predicted octanol–water partition coefficient (Wildman–Crippen LogP) is -0.122. The van der Waals surface area contributed by atoms with Crippen LogP contribution in [0.4, 0.5) is 0 Å². The molecule has 0 aliphatic heterocycles. The van der Waals surface area contributed by atoms with Crippen molar-refractivity contribution < 1.29 is 4.79 Å². The second-order valence-corrected chi connectivity index (χ2v) is 3.68. The van der Waals surface area contributed by atoms with E-state index in [-0.39, 0.29) is 5.91 Å². The second kappa shape index (κ2) is 5.01. The third-order valence-corrected chi connectivity index (χ3v) is 1.97. The summed E-state index contributed by atoms with van der Waals surface area (Å²) in [6.07, 6.45) is 3.59. The topological polar surface area (TPSA) is 67.1 Å². The van der Waals surface area contributed by atoms with E-state index in [1.807, 2.05) is 0 Å². The highest BCUT2D eigenvalue weighted by Gasteiger charge is 2.22. The molecule has 0 aromatic rings. The smallest absolute Gasteiger partial charge is 0.220 e. The van der Waals surface area contributed by atoms with Gasteiger partial charge in [-0.1, -0.05) is 0 Å². The molecule has 0 radical (unpaired) electrons. The first kappa shape index (κ1) is 10.2. The van der Waals surface area contributed by atoms with Gasteiger partial charge in [-0.25, -0.2) is 0 Å². The second-order valence-electron chi connectivity index (χ2n) is 3.24. The van der Waals surface area contributed by atoms with Crippen LogP contribution in [0.5, 0.6) is 0 Å². The third kappa shape index (κ3) is 5.41. The molecule has 5 heteroatoms. The molecule has 1 aliphatic rings. The average molecular weight is 201 g/mol. The van der Waals surface area contributed by atoms with Crippen LogP contribution in [0.2, 0.25) is 0 Å². The summed E-state index contributed by atoms with van der Waals surface area (Å²) in [7, 11) is 0.